The van der Waals surface area contributed by atoms with E-state index < -0.39 is 5.82 Å². The van der Waals surface area contributed by atoms with Gasteiger partial charge in [0.1, 0.15) is 18.2 Å². The molecule has 0 spiro atoms. The average Bonchev–Trinajstić information content (AvgIpc) is 2.71. The number of benzene rings is 1. The van der Waals surface area contributed by atoms with Crippen LogP contribution in [0.25, 0.3) is 0 Å². The van der Waals surface area contributed by atoms with Gasteiger partial charge < -0.3 is 25.2 Å². The van der Waals surface area contributed by atoms with Crippen LogP contribution >= 0.6 is 11.6 Å². The number of halogens is 2. The lowest BCUT2D eigenvalue weighted by molar-refractivity contribution is -0.141. The summed E-state index contributed by atoms with van der Waals surface area (Å²) in [5.74, 6) is -0.605. The van der Waals surface area contributed by atoms with Gasteiger partial charge in [0, 0.05) is 29.4 Å². The molecule has 2 amide bonds. The fourth-order valence-electron chi connectivity index (χ4n) is 4.16. The van der Waals surface area contributed by atoms with Crippen molar-refractivity contribution in [1.29, 1.82) is 0 Å². The van der Waals surface area contributed by atoms with E-state index in [0.717, 1.165) is 6.07 Å². The van der Waals surface area contributed by atoms with Gasteiger partial charge in [-0.1, -0.05) is 11.6 Å². The van der Waals surface area contributed by atoms with Crippen molar-refractivity contribution < 1.29 is 28.6 Å². The Bertz CT molecular complexity index is 981. The molecule has 1 aromatic heterocycles. The number of carbonyl (C=O) groups excluding carboxylic acids is 2. The van der Waals surface area contributed by atoms with Crippen LogP contribution in [0.2, 0.25) is 5.02 Å². The first-order valence-corrected chi connectivity index (χ1v) is 10.1. The minimum absolute atomic E-state index is 0.0141. The Labute approximate surface area is 182 Å². The summed E-state index contributed by atoms with van der Waals surface area (Å²) in [7, 11) is 0. The van der Waals surface area contributed by atoms with Crippen molar-refractivity contribution in [2.24, 2.45) is 0 Å². The van der Waals surface area contributed by atoms with Gasteiger partial charge in [-0.3, -0.25) is 9.59 Å². The van der Waals surface area contributed by atoms with Crippen molar-refractivity contribution >= 4 is 23.4 Å². The number of pyridine rings is 1. The van der Waals surface area contributed by atoms with Crippen LogP contribution in [-0.4, -0.2) is 52.8 Å². The minimum Gasteiger partial charge on any atom is -0.484 e. The van der Waals surface area contributed by atoms with Crippen LogP contribution in [0.15, 0.2) is 36.5 Å². The Balaban J connectivity index is 1.21. The van der Waals surface area contributed by atoms with E-state index >= 15 is 0 Å². The number of rotatable bonds is 9. The molecule has 2 aromatic rings. The summed E-state index contributed by atoms with van der Waals surface area (Å²) in [5, 5.41) is 14.7. The zero-order valence-electron chi connectivity index (χ0n) is 16.5. The molecular formula is C21H21ClFN3O5. The van der Waals surface area contributed by atoms with Crippen LogP contribution in [0.3, 0.4) is 0 Å². The molecule has 3 saturated carbocycles. The highest BCUT2D eigenvalue weighted by atomic mass is 35.5. The molecule has 10 heteroatoms. The summed E-state index contributed by atoms with van der Waals surface area (Å²) in [6, 6.07) is 7.16. The highest BCUT2D eigenvalue weighted by molar-refractivity contribution is 6.30. The first kappa shape index (κ1) is 21.3. The maximum atomic E-state index is 13.4. The van der Waals surface area contributed by atoms with Crippen LogP contribution in [-0.2, 0) is 4.79 Å². The summed E-state index contributed by atoms with van der Waals surface area (Å²) in [4.78, 5) is 28.7. The molecule has 1 heterocycles. The summed E-state index contributed by atoms with van der Waals surface area (Å²) >= 11 is 5.62. The molecule has 3 aliphatic rings. The summed E-state index contributed by atoms with van der Waals surface area (Å²) < 4.78 is 23.9. The Hall–Kier alpha value is -2.91. The number of ether oxygens (including phenoxy) is 2. The van der Waals surface area contributed by atoms with Crippen LogP contribution in [0.5, 0.6) is 11.6 Å². The number of amides is 2. The number of nitrogens with zero attached hydrogens (tertiary/aromatic N) is 1. The maximum absolute atomic E-state index is 13.4. The Morgan fingerprint density at radius 2 is 1.87 bits per heavy atom. The van der Waals surface area contributed by atoms with Gasteiger partial charge in [0.05, 0.1) is 17.2 Å². The molecule has 1 aromatic carbocycles. The lowest BCUT2D eigenvalue weighted by Gasteiger charge is -2.70. The molecule has 164 valence electrons. The van der Waals surface area contributed by atoms with Crippen molar-refractivity contribution in [3.05, 3.63) is 52.9 Å². The van der Waals surface area contributed by atoms with Gasteiger partial charge in [0.2, 0.25) is 5.88 Å². The van der Waals surface area contributed by atoms with E-state index in [1.807, 2.05) is 0 Å². The highest BCUT2D eigenvalue weighted by Crippen LogP contribution is 2.60. The third-order valence-corrected chi connectivity index (χ3v) is 5.72. The number of carbonyl (C=O) groups is 2. The first-order chi connectivity index (χ1) is 14.8. The molecule has 0 radical (unpaired) electrons. The summed E-state index contributed by atoms with van der Waals surface area (Å²) in [6.07, 6.45) is 3.33. The second-order valence-electron chi connectivity index (χ2n) is 7.92. The second-order valence-corrected chi connectivity index (χ2v) is 8.32. The Kier molecular flexibility index (Phi) is 5.72. The molecule has 3 N–H and O–H groups in total. The predicted octanol–water partition coefficient (Wildman–Crippen LogP) is 1.85. The quantitative estimate of drug-likeness (QED) is 0.539. The summed E-state index contributed by atoms with van der Waals surface area (Å²) in [5.41, 5.74) is -0.252. The normalized spacial score (nSPS) is 23.2. The fourth-order valence-corrected chi connectivity index (χ4v) is 4.28. The number of hydrogen-bond acceptors (Lipinski definition) is 6. The lowest BCUT2D eigenvalue weighted by Crippen LogP contribution is -2.84. The molecule has 3 aliphatic carbocycles. The van der Waals surface area contributed by atoms with E-state index in [-0.39, 0.29) is 53.5 Å². The predicted molar refractivity (Wildman–Crippen MR) is 109 cm³/mol. The number of aliphatic hydroxyl groups excluding tert-OH is 1. The van der Waals surface area contributed by atoms with Gasteiger partial charge in [0.25, 0.3) is 11.8 Å². The first-order valence-electron chi connectivity index (χ1n) is 9.73. The number of aromatic nitrogens is 1. The van der Waals surface area contributed by atoms with Gasteiger partial charge >= 0.3 is 0 Å². The van der Waals surface area contributed by atoms with Gasteiger partial charge in [-0.2, -0.15) is 0 Å². The van der Waals surface area contributed by atoms with E-state index in [9.17, 15) is 14.0 Å². The van der Waals surface area contributed by atoms with Crippen LogP contribution in [0.4, 0.5) is 4.39 Å². The smallest absolute Gasteiger partial charge is 0.258 e. The van der Waals surface area contributed by atoms with E-state index in [4.69, 9.17) is 26.2 Å². The third kappa shape index (κ3) is 4.57. The molecule has 0 unspecified atom stereocenters. The molecule has 3 fully saturated rings. The average molecular weight is 450 g/mol. The number of aliphatic hydroxyl groups is 1. The zero-order valence-corrected chi connectivity index (χ0v) is 17.2. The van der Waals surface area contributed by atoms with Gasteiger partial charge in [-0.05, 0) is 37.5 Å². The molecule has 0 atom stereocenters. The second kappa shape index (κ2) is 8.32. The SMILES string of the molecule is O=C(COc1ccc(Cl)c(F)c1)NC12CC(NC(=O)c3ccc(OCCO)nc3)(C1)C2. The molecule has 0 saturated heterocycles. The molecule has 5 rings (SSSR count). The fraction of sp³-hybridized carbons (Fsp3) is 0.381. The number of nitrogens with one attached hydrogen (secondary N) is 2. The third-order valence-electron chi connectivity index (χ3n) is 5.41. The van der Waals surface area contributed by atoms with Crippen molar-refractivity contribution in [3.63, 3.8) is 0 Å². The standard InChI is InChI=1S/C21H21ClFN3O5/c22-15-3-2-14(7-16(15)23)31-9-17(28)25-20-10-21(11-20,12-20)26-19(29)13-1-4-18(24-8-13)30-6-5-27/h1-4,7-8,27H,5-6,9-12H2,(H,25,28)(H,26,29). The summed E-state index contributed by atoms with van der Waals surface area (Å²) in [6.45, 7) is -0.216. The molecular weight excluding hydrogens is 429 g/mol. The van der Waals surface area contributed by atoms with Gasteiger partial charge in [-0.15, -0.1) is 0 Å². The van der Waals surface area contributed by atoms with Crippen LogP contribution in [0, 0.1) is 5.82 Å². The van der Waals surface area contributed by atoms with Crippen molar-refractivity contribution in [1.82, 2.24) is 15.6 Å². The van der Waals surface area contributed by atoms with E-state index in [0.29, 0.717) is 30.7 Å². The Morgan fingerprint density at radius 3 is 2.52 bits per heavy atom. The molecule has 0 aliphatic heterocycles. The molecule has 2 bridgehead atoms. The van der Waals surface area contributed by atoms with Crippen molar-refractivity contribution in [2.45, 2.75) is 30.3 Å². The van der Waals surface area contributed by atoms with E-state index in [2.05, 4.69) is 15.6 Å². The van der Waals surface area contributed by atoms with Crippen molar-refractivity contribution in [3.8, 4) is 11.6 Å². The van der Waals surface area contributed by atoms with E-state index in [1.165, 1.54) is 18.3 Å². The minimum atomic E-state index is -0.612. The van der Waals surface area contributed by atoms with Crippen LogP contribution < -0.4 is 20.1 Å². The van der Waals surface area contributed by atoms with Crippen LogP contribution in [0.1, 0.15) is 29.6 Å². The molecule has 8 nitrogen and oxygen atoms in total. The Morgan fingerprint density at radius 1 is 1.13 bits per heavy atom. The van der Waals surface area contributed by atoms with Gasteiger partial charge in [-0.25, -0.2) is 9.37 Å². The maximum Gasteiger partial charge on any atom is 0.258 e. The zero-order chi connectivity index (χ0) is 22.1. The highest BCUT2D eigenvalue weighted by Gasteiger charge is 2.69. The lowest BCUT2D eigenvalue weighted by atomic mass is 9.44. The number of hydrogen-bond donors (Lipinski definition) is 3. The van der Waals surface area contributed by atoms with Crippen molar-refractivity contribution in [2.75, 3.05) is 19.8 Å². The monoisotopic (exact) mass is 449 g/mol. The van der Waals surface area contributed by atoms with E-state index in [1.54, 1.807) is 12.1 Å². The topological polar surface area (TPSA) is 110 Å². The molecule has 31 heavy (non-hydrogen) atoms. The van der Waals surface area contributed by atoms with Gasteiger partial charge in [0.15, 0.2) is 6.61 Å². The largest absolute Gasteiger partial charge is 0.484 e.